The van der Waals surface area contributed by atoms with Gasteiger partial charge in [0.2, 0.25) is 0 Å². The van der Waals surface area contributed by atoms with E-state index in [4.69, 9.17) is 11.6 Å². The van der Waals surface area contributed by atoms with Crippen molar-refractivity contribution in [2.45, 2.75) is 32.2 Å². The smallest absolute Gasteiger partial charge is 0.362 e. The van der Waals surface area contributed by atoms with E-state index in [1.54, 1.807) is 6.92 Å². The highest BCUT2D eigenvalue weighted by Crippen LogP contribution is 2.40. The van der Waals surface area contributed by atoms with Gasteiger partial charge in [-0.15, -0.1) is 0 Å². The molecule has 1 aliphatic heterocycles. The Labute approximate surface area is 123 Å². The molecule has 4 nitrogen and oxygen atoms in total. The summed E-state index contributed by atoms with van der Waals surface area (Å²) in [6, 6.07) is 4.05. The normalized spacial score (nSPS) is 22.4. The molecule has 0 fully saturated rings. The highest BCUT2D eigenvalue weighted by atomic mass is 35.5. The Hall–Kier alpha value is -1.60. The molecule has 0 unspecified atom stereocenters. The van der Waals surface area contributed by atoms with Crippen LogP contribution in [-0.4, -0.2) is 33.6 Å². The van der Waals surface area contributed by atoms with Gasteiger partial charge in [0.05, 0.1) is 0 Å². The molecule has 0 spiro atoms. The molecule has 0 radical (unpaired) electrons. The largest absolute Gasteiger partial charge is 0.438 e. The lowest BCUT2D eigenvalue weighted by Gasteiger charge is -2.32. The van der Waals surface area contributed by atoms with Crippen LogP contribution in [0.3, 0.4) is 0 Å². The summed E-state index contributed by atoms with van der Waals surface area (Å²) < 4.78 is 39.1. The Morgan fingerprint density at radius 2 is 2.05 bits per heavy atom. The minimum atomic E-state index is -5.01. The van der Waals surface area contributed by atoms with E-state index in [0.717, 1.165) is 0 Å². The SMILES string of the molecule is CC1=NN(C(=O)c2ccc(Cl)c(C)c2)[C@@](O)(C(F)(F)F)C1. The van der Waals surface area contributed by atoms with Gasteiger partial charge in [-0.1, -0.05) is 11.6 Å². The molecule has 0 saturated heterocycles. The molecule has 2 rings (SSSR count). The quantitative estimate of drug-likeness (QED) is 0.864. The molecule has 8 heteroatoms. The van der Waals surface area contributed by atoms with E-state index in [2.05, 4.69) is 5.10 Å². The summed E-state index contributed by atoms with van der Waals surface area (Å²) in [7, 11) is 0. The van der Waals surface area contributed by atoms with Crippen LogP contribution in [-0.2, 0) is 0 Å². The first-order valence-corrected chi connectivity index (χ1v) is 6.38. The summed E-state index contributed by atoms with van der Waals surface area (Å²) in [5.41, 5.74) is -2.79. The zero-order valence-corrected chi connectivity index (χ0v) is 12.0. The van der Waals surface area contributed by atoms with Gasteiger partial charge in [-0.25, -0.2) is 0 Å². The summed E-state index contributed by atoms with van der Waals surface area (Å²) in [5.74, 6) is -1.04. The van der Waals surface area contributed by atoms with E-state index in [9.17, 15) is 23.1 Å². The van der Waals surface area contributed by atoms with Crippen LogP contribution in [0.1, 0.15) is 29.3 Å². The van der Waals surface area contributed by atoms with E-state index in [-0.39, 0.29) is 16.3 Å². The molecule has 0 saturated carbocycles. The summed E-state index contributed by atoms with van der Waals surface area (Å²) in [6.07, 6.45) is -5.78. The van der Waals surface area contributed by atoms with Crippen LogP contribution in [0.5, 0.6) is 0 Å². The number of aryl methyl sites for hydroxylation is 1. The van der Waals surface area contributed by atoms with Gasteiger partial charge in [0.25, 0.3) is 11.6 Å². The first-order chi connectivity index (χ1) is 9.56. The summed E-state index contributed by atoms with van der Waals surface area (Å²) in [4.78, 5) is 12.2. The van der Waals surface area contributed by atoms with Crippen LogP contribution >= 0.6 is 11.6 Å². The maximum absolute atomic E-state index is 13.0. The van der Waals surface area contributed by atoms with Crippen molar-refractivity contribution < 1.29 is 23.1 Å². The zero-order chi connectivity index (χ0) is 16.0. The average molecular weight is 321 g/mol. The second-order valence-electron chi connectivity index (χ2n) is 4.91. The van der Waals surface area contributed by atoms with Crippen molar-refractivity contribution >= 4 is 23.2 Å². The maximum atomic E-state index is 13.0. The molecule has 1 aromatic carbocycles. The van der Waals surface area contributed by atoms with E-state index >= 15 is 0 Å². The molecule has 1 amide bonds. The lowest BCUT2D eigenvalue weighted by Crippen LogP contribution is -2.56. The number of aliphatic hydroxyl groups is 1. The number of rotatable bonds is 1. The minimum Gasteiger partial charge on any atom is -0.362 e. The third-order valence-corrected chi connectivity index (χ3v) is 3.60. The van der Waals surface area contributed by atoms with Gasteiger partial charge >= 0.3 is 6.18 Å². The molecule has 1 aliphatic rings. The van der Waals surface area contributed by atoms with Crippen molar-refractivity contribution in [1.82, 2.24) is 5.01 Å². The van der Waals surface area contributed by atoms with E-state index in [1.807, 2.05) is 0 Å². The first kappa shape index (κ1) is 15.8. The third-order valence-electron chi connectivity index (χ3n) is 3.17. The number of hydrazone groups is 1. The summed E-state index contributed by atoms with van der Waals surface area (Å²) in [6.45, 7) is 2.94. The van der Waals surface area contributed by atoms with Crippen LogP contribution in [0.15, 0.2) is 23.3 Å². The molecule has 0 bridgehead atoms. The Bertz CT molecular complexity index is 630. The second kappa shape index (κ2) is 4.99. The van der Waals surface area contributed by atoms with Crippen LogP contribution in [0, 0.1) is 6.92 Å². The predicted molar refractivity (Wildman–Crippen MR) is 71.1 cm³/mol. The van der Waals surface area contributed by atoms with E-state index in [0.29, 0.717) is 10.6 Å². The van der Waals surface area contributed by atoms with Gasteiger partial charge < -0.3 is 5.11 Å². The Morgan fingerprint density at radius 3 is 2.57 bits per heavy atom. The van der Waals surface area contributed by atoms with Crippen molar-refractivity contribution in [3.05, 3.63) is 34.3 Å². The molecular formula is C13H12ClF3N2O2. The van der Waals surface area contributed by atoms with Crippen LogP contribution in [0.4, 0.5) is 13.2 Å². The Balaban J connectivity index is 2.43. The molecule has 1 heterocycles. The fraction of sp³-hybridized carbons (Fsp3) is 0.385. The van der Waals surface area contributed by atoms with E-state index < -0.39 is 24.2 Å². The number of hydrogen-bond acceptors (Lipinski definition) is 3. The number of nitrogens with zero attached hydrogens (tertiary/aromatic N) is 2. The molecule has 1 atom stereocenters. The van der Waals surface area contributed by atoms with Gasteiger partial charge in [-0.3, -0.25) is 4.79 Å². The fourth-order valence-corrected chi connectivity index (χ4v) is 2.17. The van der Waals surface area contributed by atoms with Crippen molar-refractivity contribution in [2.24, 2.45) is 5.10 Å². The van der Waals surface area contributed by atoms with Crippen molar-refractivity contribution in [2.75, 3.05) is 0 Å². The fourth-order valence-electron chi connectivity index (χ4n) is 2.05. The van der Waals surface area contributed by atoms with Gasteiger partial charge in [0.15, 0.2) is 0 Å². The number of alkyl halides is 3. The lowest BCUT2D eigenvalue weighted by atomic mass is 10.1. The molecular weight excluding hydrogens is 309 g/mol. The van der Waals surface area contributed by atoms with Crippen molar-refractivity contribution in [3.63, 3.8) is 0 Å². The van der Waals surface area contributed by atoms with Gasteiger partial charge in [0.1, 0.15) is 0 Å². The summed E-state index contributed by atoms with van der Waals surface area (Å²) >= 11 is 5.81. The number of hydrogen-bond donors (Lipinski definition) is 1. The Kier molecular flexibility index (Phi) is 3.75. The molecule has 0 aromatic heterocycles. The van der Waals surface area contributed by atoms with Crippen LogP contribution in [0.25, 0.3) is 0 Å². The van der Waals surface area contributed by atoms with Gasteiger partial charge in [-0.2, -0.15) is 23.3 Å². The van der Waals surface area contributed by atoms with Crippen LogP contribution < -0.4 is 0 Å². The average Bonchev–Trinajstić information content (AvgIpc) is 2.68. The zero-order valence-electron chi connectivity index (χ0n) is 11.2. The standard InChI is InChI=1S/C13H12ClF3N2O2/c1-7-5-9(3-4-10(7)14)11(20)19-12(21,13(15,16)17)6-8(2)18-19/h3-5,21H,6H2,1-2H3/t12-/m0/s1. The third kappa shape index (κ3) is 2.63. The van der Waals surface area contributed by atoms with Crippen molar-refractivity contribution in [1.29, 1.82) is 0 Å². The first-order valence-electron chi connectivity index (χ1n) is 6.00. The number of halogens is 4. The number of benzene rings is 1. The Morgan fingerprint density at radius 1 is 1.43 bits per heavy atom. The summed E-state index contributed by atoms with van der Waals surface area (Å²) in [5, 5.41) is 13.9. The maximum Gasteiger partial charge on any atom is 0.438 e. The van der Waals surface area contributed by atoms with E-state index in [1.165, 1.54) is 25.1 Å². The minimum absolute atomic E-state index is 0.0221. The molecule has 0 aliphatic carbocycles. The lowest BCUT2D eigenvalue weighted by molar-refractivity contribution is -0.297. The highest BCUT2D eigenvalue weighted by molar-refractivity contribution is 6.31. The number of carbonyl (C=O) groups is 1. The molecule has 114 valence electrons. The monoisotopic (exact) mass is 320 g/mol. The second-order valence-corrected chi connectivity index (χ2v) is 5.31. The molecule has 1 aromatic rings. The van der Waals surface area contributed by atoms with Gasteiger partial charge in [0, 0.05) is 22.7 Å². The van der Waals surface area contributed by atoms with Gasteiger partial charge in [-0.05, 0) is 37.6 Å². The predicted octanol–water partition coefficient (Wildman–Crippen LogP) is 3.12. The number of carbonyl (C=O) groups excluding carboxylic acids is 1. The molecule has 21 heavy (non-hydrogen) atoms. The topological polar surface area (TPSA) is 52.9 Å². The number of amides is 1. The van der Waals surface area contributed by atoms with Crippen LogP contribution in [0.2, 0.25) is 5.02 Å². The highest BCUT2D eigenvalue weighted by Gasteiger charge is 2.62. The van der Waals surface area contributed by atoms with Crippen molar-refractivity contribution in [3.8, 4) is 0 Å². The molecule has 1 N–H and O–H groups in total.